The van der Waals surface area contributed by atoms with Crippen LogP contribution in [0.3, 0.4) is 0 Å². The molecule has 1 amide bonds. The van der Waals surface area contributed by atoms with E-state index in [2.05, 4.69) is 48.4 Å². The third-order valence-corrected chi connectivity index (χ3v) is 13.5. The number of carbonyl (C=O) groups is 1. The average molecular weight is 729 g/mol. The number of halogens is 1. The Kier molecular flexibility index (Phi) is 9.09. The summed E-state index contributed by atoms with van der Waals surface area (Å²) < 4.78 is 36.9. The van der Waals surface area contributed by atoms with E-state index in [-0.39, 0.29) is 23.2 Å². The molecule has 2 aromatic carbocycles. The van der Waals surface area contributed by atoms with Gasteiger partial charge in [-0.1, -0.05) is 36.7 Å². The molecule has 8 rings (SSSR count). The van der Waals surface area contributed by atoms with E-state index in [1.54, 1.807) is 30.1 Å². The minimum atomic E-state index is -3.32. The summed E-state index contributed by atoms with van der Waals surface area (Å²) in [6.45, 7) is 4.12. The van der Waals surface area contributed by atoms with Crippen LogP contribution in [-0.4, -0.2) is 63.5 Å². The summed E-state index contributed by atoms with van der Waals surface area (Å²) in [5, 5.41) is 5.94. The summed E-state index contributed by atoms with van der Waals surface area (Å²) in [5.41, 5.74) is 4.29. The lowest BCUT2D eigenvalue weighted by Gasteiger charge is -2.46. The highest BCUT2D eigenvalue weighted by atomic mass is 35.5. The number of carbonyl (C=O) groups excluding carboxylic acids is 1. The number of nitrogens with zero attached hydrogens (tertiary/aromatic N) is 5. The van der Waals surface area contributed by atoms with Crippen LogP contribution in [0.25, 0.3) is 10.9 Å². The zero-order valence-corrected chi connectivity index (χ0v) is 31.0. The monoisotopic (exact) mass is 728 g/mol. The number of methoxy groups -OCH3 is 1. The number of aromatic nitrogens is 3. The van der Waals surface area contributed by atoms with Gasteiger partial charge in [-0.2, -0.15) is 5.10 Å². The Balaban J connectivity index is 1.22. The predicted octanol–water partition coefficient (Wildman–Crippen LogP) is 7.37. The number of benzene rings is 2. The number of anilines is 2. The van der Waals surface area contributed by atoms with Crippen molar-refractivity contribution in [1.29, 1.82) is 0 Å². The molecule has 1 N–H and O–H groups in total. The van der Waals surface area contributed by atoms with Crippen LogP contribution in [-0.2, 0) is 33.5 Å². The van der Waals surface area contributed by atoms with Crippen LogP contribution in [0, 0.1) is 17.8 Å². The van der Waals surface area contributed by atoms with E-state index < -0.39 is 15.8 Å². The highest BCUT2D eigenvalue weighted by molar-refractivity contribution is 7.95. The van der Waals surface area contributed by atoms with E-state index in [1.807, 2.05) is 38.4 Å². The van der Waals surface area contributed by atoms with Crippen molar-refractivity contribution < 1.29 is 18.5 Å². The van der Waals surface area contributed by atoms with Gasteiger partial charge in [0, 0.05) is 55.6 Å². The van der Waals surface area contributed by atoms with Gasteiger partial charge in [-0.15, -0.1) is 4.36 Å². The third-order valence-electron chi connectivity index (χ3n) is 11.3. The minimum absolute atomic E-state index is 0.0227. The second-order valence-electron chi connectivity index (χ2n) is 15.0. The van der Waals surface area contributed by atoms with Crippen molar-refractivity contribution in [3.05, 3.63) is 88.7 Å². The summed E-state index contributed by atoms with van der Waals surface area (Å²) in [6.07, 6.45) is 13.6. The van der Waals surface area contributed by atoms with Gasteiger partial charge in [0.2, 0.25) is 0 Å². The predicted molar refractivity (Wildman–Crippen MR) is 202 cm³/mol. The van der Waals surface area contributed by atoms with Gasteiger partial charge in [-0.05, 0) is 104 Å². The highest BCUT2D eigenvalue weighted by Crippen LogP contribution is 2.47. The molecule has 0 radical (unpaired) electrons. The van der Waals surface area contributed by atoms with Crippen LogP contribution >= 0.6 is 11.6 Å². The first kappa shape index (κ1) is 34.2. The first-order valence-corrected chi connectivity index (χ1v) is 20.0. The largest absolute Gasteiger partial charge is 0.490 e. The number of amides is 1. The van der Waals surface area contributed by atoms with Gasteiger partial charge in [0.25, 0.3) is 5.91 Å². The maximum Gasteiger partial charge on any atom is 0.286 e. The Morgan fingerprint density at radius 2 is 2.04 bits per heavy atom. The number of hydrogen-bond acceptors (Lipinski definition) is 7. The number of aryl methyl sites for hydroxylation is 2. The van der Waals surface area contributed by atoms with Crippen molar-refractivity contribution in [2.24, 2.45) is 29.2 Å². The van der Waals surface area contributed by atoms with Gasteiger partial charge in [0.05, 0.1) is 35.1 Å². The van der Waals surface area contributed by atoms with Gasteiger partial charge >= 0.3 is 0 Å². The van der Waals surface area contributed by atoms with E-state index in [4.69, 9.17) is 21.1 Å². The van der Waals surface area contributed by atoms with Gasteiger partial charge in [-0.3, -0.25) is 14.2 Å². The van der Waals surface area contributed by atoms with E-state index in [0.29, 0.717) is 47.1 Å². The maximum atomic E-state index is 14.8. The average Bonchev–Trinajstić information content (AvgIpc) is 3.41. The number of allylic oxidation sites excluding steroid dienone is 1. The van der Waals surface area contributed by atoms with E-state index >= 15 is 0 Å². The van der Waals surface area contributed by atoms with Gasteiger partial charge in [-0.25, -0.2) is 9.19 Å². The van der Waals surface area contributed by atoms with Crippen LogP contribution in [0.1, 0.15) is 60.5 Å². The van der Waals surface area contributed by atoms with Crippen molar-refractivity contribution >= 4 is 49.8 Å². The number of ether oxygens (including phenoxy) is 2. The van der Waals surface area contributed by atoms with Crippen LogP contribution in [0.2, 0.25) is 5.02 Å². The minimum Gasteiger partial charge on any atom is -0.490 e. The molecule has 10 nitrogen and oxygen atoms in total. The lowest BCUT2D eigenvalue weighted by Crippen LogP contribution is -2.49. The molecule has 1 fully saturated rings. The molecule has 1 unspecified atom stereocenters. The fourth-order valence-corrected chi connectivity index (χ4v) is 10.8. The second kappa shape index (κ2) is 13.6. The molecule has 2 aliphatic carbocycles. The third kappa shape index (κ3) is 6.64. The molecule has 1 spiro atoms. The van der Waals surface area contributed by atoms with Crippen LogP contribution in [0.4, 0.5) is 11.5 Å². The summed E-state index contributed by atoms with van der Waals surface area (Å²) in [6, 6.07) is 13.6. The molecule has 4 aliphatic rings. The number of fused-ring (bicyclic) bond motifs is 5. The number of hydrogen-bond donors (Lipinski definition) is 1. The second-order valence-corrected chi connectivity index (χ2v) is 17.4. The van der Waals surface area contributed by atoms with Crippen molar-refractivity contribution in [2.75, 3.05) is 42.2 Å². The molecule has 4 heterocycles. The summed E-state index contributed by atoms with van der Waals surface area (Å²) in [7, 11) is 0.295. The molecule has 2 bridgehead atoms. The SMILES string of the molecule is CO[C@H]1/C=C\C[C@H](C)CS(=O)(Nc2nccc3nn(C)cc23)=NC(=O)c2ccc3c(c2)N(C[C@@H]2CC[C@H]21)C[C@@]1(CCCc2cc(Cl)ccc21)CO3. The Bertz CT molecular complexity index is 2140. The molecule has 12 heteroatoms. The number of rotatable bonds is 3. The molecule has 51 heavy (non-hydrogen) atoms. The van der Waals surface area contributed by atoms with Crippen molar-refractivity contribution in [2.45, 2.75) is 57.0 Å². The molecule has 0 saturated heterocycles. The lowest BCUT2D eigenvalue weighted by molar-refractivity contribution is 0.0131. The Hall–Kier alpha value is -3.93. The quantitative estimate of drug-likeness (QED) is 0.220. The van der Waals surface area contributed by atoms with E-state index in [0.717, 1.165) is 61.7 Å². The first-order valence-electron chi connectivity index (χ1n) is 18.0. The number of pyridine rings is 1. The van der Waals surface area contributed by atoms with Crippen LogP contribution in [0.15, 0.2) is 71.4 Å². The maximum absolute atomic E-state index is 14.8. The molecular weight excluding hydrogens is 684 g/mol. The zero-order chi connectivity index (χ0) is 35.3. The summed E-state index contributed by atoms with van der Waals surface area (Å²) in [4.78, 5) is 21.1. The van der Waals surface area contributed by atoms with E-state index in [9.17, 15) is 9.00 Å². The van der Waals surface area contributed by atoms with Crippen LogP contribution in [0.5, 0.6) is 5.75 Å². The van der Waals surface area contributed by atoms with Gasteiger partial charge in [0.1, 0.15) is 21.5 Å². The normalized spacial score (nSPS) is 30.0. The molecule has 2 aromatic heterocycles. The zero-order valence-electron chi connectivity index (χ0n) is 29.4. The lowest BCUT2D eigenvalue weighted by atomic mass is 9.68. The molecule has 268 valence electrons. The molecule has 4 aromatic rings. The fourth-order valence-electron chi connectivity index (χ4n) is 8.66. The van der Waals surface area contributed by atoms with E-state index in [1.165, 1.54) is 11.1 Å². The molecule has 1 saturated carbocycles. The van der Waals surface area contributed by atoms with Crippen molar-refractivity contribution in [3.8, 4) is 5.75 Å². The topological polar surface area (TPSA) is 111 Å². The summed E-state index contributed by atoms with van der Waals surface area (Å²) >= 11 is 6.47. The molecular formula is C39H45ClN6O4S. The number of nitrogens with one attached hydrogen (secondary N) is 1. The standard InChI is InChI=1S/C39H45ClN6O4S/c1-25-6-4-8-35(49-3)30-12-9-28(30)20-46-23-39(16-5-7-26-18-29(40)11-13-32(26)39)24-50-36-14-10-27(19-34(36)46)38(47)44-51(48,22-25)43-37-31-21-45(2)42-33(31)15-17-41-37/h4,8,10-11,13-15,17-19,21,25,28,30,35H,5-7,9,12,16,20,22-24H2,1-3H3,(H,41,43,44,47,48)/b8-4-/t25-,28-,30+,35-,39-,51?/m0/s1. The van der Waals surface area contributed by atoms with Gasteiger partial charge < -0.3 is 14.4 Å². The molecule has 2 aliphatic heterocycles. The van der Waals surface area contributed by atoms with Crippen LogP contribution < -0.4 is 14.4 Å². The van der Waals surface area contributed by atoms with Crippen molar-refractivity contribution in [1.82, 2.24) is 14.8 Å². The fraction of sp³-hybridized carbons (Fsp3) is 0.462. The van der Waals surface area contributed by atoms with Gasteiger partial charge in [0.15, 0.2) is 0 Å². The Labute approximate surface area is 304 Å². The Morgan fingerprint density at radius 3 is 2.86 bits per heavy atom. The van der Waals surface area contributed by atoms with Crippen molar-refractivity contribution in [3.63, 3.8) is 0 Å². The Morgan fingerprint density at radius 1 is 1.16 bits per heavy atom. The smallest absolute Gasteiger partial charge is 0.286 e. The first-order chi connectivity index (χ1) is 24.6. The highest BCUT2D eigenvalue weighted by Gasteiger charge is 2.44. The summed E-state index contributed by atoms with van der Waals surface area (Å²) in [5.74, 6) is 1.47. The molecule has 6 atom stereocenters.